The minimum atomic E-state index is -3.83. The number of sulfonamides is 1. The Morgan fingerprint density at radius 1 is 1.00 bits per heavy atom. The minimum absolute atomic E-state index is 0.129. The van der Waals surface area contributed by atoms with Crippen molar-refractivity contribution in [3.8, 4) is 0 Å². The van der Waals surface area contributed by atoms with Crippen molar-refractivity contribution in [2.24, 2.45) is 7.05 Å². The van der Waals surface area contributed by atoms with Gasteiger partial charge < -0.3 is 0 Å². The van der Waals surface area contributed by atoms with Crippen molar-refractivity contribution in [3.05, 3.63) is 77.1 Å². The Labute approximate surface area is 152 Å². The lowest BCUT2D eigenvalue weighted by atomic mass is 10.1. The van der Waals surface area contributed by atoms with Crippen LogP contribution < -0.4 is 4.72 Å². The zero-order valence-electron chi connectivity index (χ0n) is 14.7. The summed E-state index contributed by atoms with van der Waals surface area (Å²) in [4.78, 5) is 13.0. The maximum atomic E-state index is 12.9. The summed E-state index contributed by atoms with van der Waals surface area (Å²) in [7, 11) is -2.22. The first kappa shape index (κ1) is 17.9. The number of ketones is 1. The van der Waals surface area contributed by atoms with Crippen LogP contribution in [0, 0.1) is 13.8 Å². The lowest BCUT2D eigenvalue weighted by molar-refractivity contribution is 0.103. The molecule has 0 spiro atoms. The number of nitrogens with zero attached hydrogens (tertiary/aromatic N) is 2. The quantitative estimate of drug-likeness (QED) is 0.701. The van der Waals surface area contributed by atoms with E-state index >= 15 is 0 Å². The molecule has 1 aromatic heterocycles. The van der Waals surface area contributed by atoms with Crippen LogP contribution in [0.2, 0.25) is 0 Å². The van der Waals surface area contributed by atoms with Crippen LogP contribution in [0.5, 0.6) is 0 Å². The molecule has 0 unspecified atom stereocenters. The standard InChI is InChI=1S/C19H19N3O3S/c1-13-9-11-16(12-10-13)26(24,25)21-17-14(2)20-22(3)18(17)19(23)15-7-5-4-6-8-15/h4-12,21H,1-3H3. The summed E-state index contributed by atoms with van der Waals surface area (Å²) in [6, 6.07) is 15.2. The van der Waals surface area contributed by atoms with Crippen LogP contribution in [-0.2, 0) is 17.1 Å². The lowest BCUT2D eigenvalue weighted by Gasteiger charge is -2.10. The van der Waals surface area contributed by atoms with Gasteiger partial charge in [0.1, 0.15) is 11.4 Å². The van der Waals surface area contributed by atoms with Crippen molar-refractivity contribution < 1.29 is 13.2 Å². The monoisotopic (exact) mass is 369 g/mol. The summed E-state index contributed by atoms with van der Waals surface area (Å²) in [6.07, 6.45) is 0. The third-order valence-electron chi connectivity index (χ3n) is 4.04. The van der Waals surface area contributed by atoms with Crippen LogP contribution in [0.4, 0.5) is 5.69 Å². The van der Waals surface area contributed by atoms with Gasteiger partial charge in [0, 0.05) is 12.6 Å². The van der Waals surface area contributed by atoms with E-state index in [1.807, 2.05) is 13.0 Å². The van der Waals surface area contributed by atoms with E-state index in [4.69, 9.17) is 0 Å². The molecule has 0 radical (unpaired) electrons. The van der Waals surface area contributed by atoms with Gasteiger partial charge in [0.2, 0.25) is 5.78 Å². The molecule has 3 rings (SSSR count). The molecule has 134 valence electrons. The summed E-state index contributed by atoms with van der Waals surface area (Å²) >= 11 is 0. The first-order valence-corrected chi connectivity index (χ1v) is 9.51. The van der Waals surface area contributed by atoms with Crippen LogP contribution in [0.25, 0.3) is 0 Å². The number of hydrogen-bond acceptors (Lipinski definition) is 4. The number of rotatable bonds is 5. The first-order valence-electron chi connectivity index (χ1n) is 8.02. The second-order valence-corrected chi connectivity index (χ2v) is 7.73. The van der Waals surface area contributed by atoms with E-state index < -0.39 is 10.0 Å². The number of benzene rings is 2. The van der Waals surface area contributed by atoms with Gasteiger partial charge in [-0.2, -0.15) is 5.10 Å². The largest absolute Gasteiger partial charge is 0.287 e. The second-order valence-electron chi connectivity index (χ2n) is 6.05. The van der Waals surface area contributed by atoms with Crippen molar-refractivity contribution in [1.29, 1.82) is 0 Å². The average Bonchev–Trinajstić information content (AvgIpc) is 2.88. The molecule has 0 saturated heterocycles. The molecule has 0 aliphatic heterocycles. The number of aryl methyl sites for hydroxylation is 3. The number of nitrogens with one attached hydrogen (secondary N) is 1. The number of carbonyl (C=O) groups excluding carboxylic acids is 1. The van der Waals surface area contributed by atoms with Gasteiger partial charge in [-0.25, -0.2) is 8.42 Å². The molecule has 2 aromatic carbocycles. The summed E-state index contributed by atoms with van der Waals surface area (Å²) in [5.41, 5.74) is 2.25. The van der Waals surface area contributed by atoms with E-state index in [1.165, 1.54) is 16.8 Å². The highest BCUT2D eigenvalue weighted by molar-refractivity contribution is 7.92. The molecule has 0 aliphatic rings. The molecule has 1 heterocycles. The summed E-state index contributed by atoms with van der Waals surface area (Å²) in [6.45, 7) is 3.54. The first-order chi connectivity index (χ1) is 12.3. The molecule has 0 bridgehead atoms. The Balaban J connectivity index is 2.04. The van der Waals surface area contributed by atoms with Crippen LogP contribution in [-0.4, -0.2) is 24.0 Å². The van der Waals surface area contributed by atoms with Gasteiger partial charge in [-0.3, -0.25) is 14.2 Å². The molecule has 0 atom stereocenters. The Morgan fingerprint density at radius 3 is 2.23 bits per heavy atom. The van der Waals surface area contributed by atoms with Crippen molar-refractivity contribution >= 4 is 21.5 Å². The topological polar surface area (TPSA) is 81.1 Å². The third kappa shape index (κ3) is 3.39. The van der Waals surface area contributed by atoms with Crippen LogP contribution in [0.1, 0.15) is 27.3 Å². The lowest BCUT2D eigenvalue weighted by Crippen LogP contribution is -2.17. The highest BCUT2D eigenvalue weighted by Gasteiger charge is 2.25. The number of hydrogen-bond donors (Lipinski definition) is 1. The third-order valence-corrected chi connectivity index (χ3v) is 5.41. The summed E-state index contributed by atoms with van der Waals surface area (Å²) < 4.78 is 29.4. The molecular formula is C19H19N3O3S. The van der Waals surface area contributed by atoms with E-state index in [2.05, 4.69) is 9.82 Å². The van der Waals surface area contributed by atoms with E-state index in [0.29, 0.717) is 11.3 Å². The molecule has 6 nitrogen and oxygen atoms in total. The molecule has 0 amide bonds. The zero-order chi connectivity index (χ0) is 18.9. The van der Waals surface area contributed by atoms with Crippen molar-refractivity contribution in [2.75, 3.05) is 4.72 Å². The van der Waals surface area contributed by atoms with Crippen LogP contribution in [0.3, 0.4) is 0 Å². The Kier molecular flexibility index (Phi) is 4.65. The fourth-order valence-corrected chi connectivity index (χ4v) is 3.80. The molecular weight excluding hydrogens is 350 g/mol. The minimum Gasteiger partial charge on any atom is -0.287 e. The van der Waals surface area contributed by atoms with Crippen molar-refractivity contribution in [1.82, 2.24) is 9.78 Å². The van der Waals surface area contributed by atoms with Gasteiger partial charge in [-0.15, -0.1) is 0 Å². The van der Waals surface area contributed by atoms with Crippen LogP contribution >= 0.6 is 0 Å². The summed E-state index contributed by atoms with van der Waals surface area (Å²) in [5.74, 6) is -0.296. The molecule has 1 N–H and O–H groups in total. The van der Waals surface area contributed by atoms with E-state index in [1.54, 1.807) is 50.4 Å². The molecule has 0 fully saturated rings. The molecule has 0 aliphatic carbocycles. The predicted molar refractivity (Wildman–Crippen MR) is 99.8 cm³/mol. The average molecular weight is 369 g/mol. The van der Waals surface area contributed by atoms with Crippen molar-refractivity contribution in [2.45, 2.75) is 18.7 Å². The van der Waals surface area contributed by atoms with E-state index in [9.17, 15) is 13.2 Å². The maximum Gasteiger partial charge on any atom is 0.262 e. The van der Waals surface area contributed by atoms with Gasteiger partial charge in [-0.1, -0.05) is 48.0 Å². The van der Waals surface area contributed by atoms with Crippen LogP contribution in [0.15, 0.2) is 59.5 Å². The molecule has 26 heavy (non-hydrogen) atoms. The SMILES string of the molecule is Cc1ccc(S(=O)(=O)Nc2c(C)nn(C)c2C(=O)c2ccccc2)cc1. The number of anilines is 1. The molecule has 7 heteroatoms. The van der Waals surface area contributed by atoms with E-state index in [-0.39, 0.29) is 22.1 Å². The predicted octanol–water partition coefficient (Wildman–Crippen LogP) is 3.07. The highest BCUT2D eigenvalue weighted by Crippen LogP contribution is 2.26. The van der Waals surface area contributed by atoms with Gasteiger partial charge in [-0.05, 0) is 26.0 Å². The fraction of sp³-hybridized carbons (Fsp3) is 0.158. The highest BCUT2D eigenvalue weighted by atomic mass is 32.2. The molecule has 3 aromatic rings. The number of aromatic nitrogens is 2. The van der Waals surface area contributed by atoms with Gasteiger partial charge in [0.15, 0.2) is 0 Å². The number of carbonyl (C=O) groups is 1. The van der Waals surface area contributed by atoms with Gasteiger partial charge in [0.25, 0.3) is 10.0 Å². The smallest absolute Gasteiger partial charge is 0.262 e. The Bertz CT molecular complexity index is 1050. The molecule has 0 saturated carbocycles. The van der Waals surface area contributed by atoms with Gasteiger partial charge in [0.05, 0.1) is 10.6 Å². The Morgan fingerprint density at radius 2 is 1.62 bits per heavy atom. The van der Waals surface area contributed by atoms with Gasteiger partial charge >= 0.3 is 0 Å². The van der Waals surface area contributed by atoms with E-state index in [0.717, 1.165) is 5.56 Å². The van der Waals surface area contributed by atoms with Crippen molar-refractivity contribution in [3.63, 3.8) is 0 Å². The Hall–Kier alpha value is -2.93. The normalized spacial score (nSPS) is 11.3. The zero-order valence-corrected chi connectivity index (χ0v) is 15.5. The summed E-state index contributed by atoms with van der Waals surface area (Å²) in [5, 5.41) is 4.22. The fourth-order valence-electron chi connectivity index (χ4n) is 2.68. The maximum absolute atomic E-state index is 12.9. The second kappa shape index (κ2) is 6.76.